The number of rotatable bonds is 10. The molecule has 0 N–H and O–H groups in total. The molecule has 2 aromatic carbocycles. The lowest BCUT2D eigenvalue weighted by Gasteiger charge is -2.09. The van der Waals surface area contributed by atoms with Gasteiger partial charge in [-0.15, -0.1) is 0 Å². The molecule has 0 aromatic heterocycles. The first-order valence-electron chi connectivity index (χ1n) is 9.68. The van der Waals surface area contributed by atoms with Crippen LogP contribution in [0.5, 0.6) is 11.5 Å². The predicted molar refractivity (Wildman–Crippen MR) is 135 cm³/mol. The predicted octanol–water partition coefficient (Wildman–Crippen LogP) is 6.54. The molecular weight excluding hydrogens is 605 g/mol. The number of halogens is 6. The highest BCUT2D eigenvalue weighted by Crippen LogP contribution is 2.37. The van der Waals surface area contributed by atoms with Crippen LogP contribution in [0.2, 0.25) is 30.1 Å². The van der Waals surface area contributed by atoms with E-state index in [1.165, 1.54) is 24.3 Å². The lowest BCUT2D eigenvalue weighted by atomic mass is 10.3. The van der Waals surface area contributed by atoms with Gasteiger partial charge in [-0.1, -0.05) is 69.6 Å². The van der Waals surface area contributed by atoms with E-state index in [9.17, 15) is 19.2 Å². The standard InChI is InChI=1S/C22H14Cl6O8/c23-11-7-13(25)21(14(26)8-11)35-19(31)3-5-33-17(29)1-2-18(30)34-6-4-20(32)36-22-15(27)9-12(24)10-16(22)28/h1-2,7-10H,3-6H2/b2-1-. The fourth-order valence-electron chi connectivity index (χ4n) is 2.28. The first-order chi connectivity index (χ1) is 17.0. The fraction of sp³-hybridized carbons (Fsp3) is 0.182. The Balaban J connectivity index is 1.68. The van der Waals surface area contributed by atoms with Gasteiger partial charge in [-0.2, -0.15) is 0 Å². The van der Waals surface area contributed by atoms with Crippen LogP contribution < -0.4 is 9.47 Å². The third-order valence-electron chi connectivity index (χ3n) is 3.81. The summed E-state index contributed by atoms with van der Waals surface area (Å²) in [4.78, 5) is 47.1. The molecule has 0 radical (unpaired) electrons. The van der Waals surface area contributed by atoms with E-state index >= 15 is 0 Å². The van der Waals surface area contributed by atoms with E-state index in [-0.39, 0.29) is 67.7 Å². The number of hydrogen-bond acceptors (Lipinski definition) is 8. The van der Waals surface area contributed by atoms with E-state index in [0.29, 0.717) is 0 Å². The minimum Gasteiger partial charge on any atom is -0.462 e. The minimum atomic E-state index is -0.922. The SMILES string of the molecule is O=C(/C=C\C(=O)OCCC(=O)Oc1c(Cl)cc(Cl)cc1Cl)OCCC(=O)Oc1c(Cl)cc(Cl)cc1Cl. The molecule has 0 saturated heterocycles. The molecule has 36 heavy (non-hydrogen) atoms. The van der Waals surface area contributed by atoms with Crippen molar-refractivity contribution in [2.24, 2.45) is 0 Å². The molecule has 0 aliphatic heterocycles. The second kappa shape index (κ2) is 14.5. The molecule has 0 heterocycles. The summed E-state index contributed by atoms with van der Waals surface area (Å²) in [6.07, 6.45) is 0.935. The lowest BCUT2D eigenvalue weighted by Crippen LogP contribution is -2.14. The van der Waals surface area contributed by atoms with Crippen LogP contribution in [0.4, 0.5) is 0 Å². The van der Waals surface area contributed by atoms with E-state index in [1.54, 1.807) is 0 Å². The largest absolute Gasteiger partial charge is 0.462 e. The minimum absolute atomic E-state index is 0.0325. The van der Waals surface area contributed by atoms with Gasteiger partial charge in [-0.25, -0.2) is 9.59 Å². The highest BCUT2D eigenvalue weighted by atomic mass is 35.5. The summed E-state index contributed by atoms with van der Waals surface area (Å²) in [5, 5.41) is 0.652. The highest BCUT2D eigenvalue weighted by molar-refractivity contribution is 6.41. The molecule has 0 amide bonds. The van der Waals surface area contributed by atoms with Gasteiger partial charge >= 0.3 is 23.9 Å². The molecule has 0 spiro atoms. The highest BCUT2D eigenvalue weighted by Gasteiger charge is 2.16. The quantitative estimate of drug-likeness (QED) is 0.168. The second-order valence-electron chi connectivity index (χ2n) is 6.51. The fourth-order valence-corrected chi connectivity index (χ4v) is 4.07. The van der Waals surface area contributed by atoms with Gasteiger partial charge in [0, 0.05) is 22.2 Å². The Morgan fingerprint density at radius 1 is 0.583 bits per heavy atom. The lowest BCUT2D eigenvalue weighted by molar-refractivity contribution is -0.144. The van der Waals surface area contributed by atoms with Gasteiger partial charge in [0.2, 0.25) is 0 Å². The van der Waals surface area contributed by atoms with Crippen molar-refractivity contribution in [1.82, 2.24) is 0 Å². The zero-order chi connectivity index (χ0) is 26.8. The number of hydrogen-bond donors (Lipinski definition) is 0. The van der Waals surface area contributed by atoms with Crippen molar-refractivity contribution in [2.75, 3.05) is 13.2 Å². The molecule has 14 heteroatoms. The molecule has 0 saturated carbocycles. The smallest absolute Gasteiger partial charge is 0.331 e. The summed E-state index contributed by atoms with van der Waals surface area (Å²) in [5.74, 6) is -3.55. The summed E-state index contributed by atoms with van der Waals surface area (Å²) < 4.78 is 19.6. The van der Waals surface area contributed by atoms with Gasteiger partial charge in [0.1, 0.15) is 13.2 Å². The molecule has 0 fully saturated rings. The van der Waals surface area contributed by atoms with Crippen molar-refractivity contribution in [1.29, 1.82) is 0 Å². The molecule has 8 nitrogen and oxygen atoms in total. The first kappa shape index (κ1) is 30.0. The van der Waals surface area contributed by atoms with Gasteiger partial charge in [-0.3, -0.25) is 9.59 Å². The molecule has 0 aliphatic rings. The van der Waals surface area contributed by atoms with Crippen molar-refractivity contribution >= 4 is 93.5 Å². The van der Waals surface area contributed by atoms with Crippen molar-refractivity contribution < 1.29 is 38.1 Å². The van der Waals surface area contributed by atoms with E-state index in [1.807, 2.05) is 0 Å². The van der Waals surface area contributed by atoms with E-state index in [0.717, 1.165) is 12.2 Å². The van der Waals surface area contributed by atoms with Crippen LogP contribution in [0.3, 0.4) is 0 Å². The van der Waals surface area contributed by atoms with Crippen molar-refractivity contribution in [3.8, 4) is 11.5 Å². The summed E-state index contributed by atoms with van der Waals surface area (Å²) in [6.45, 7) is -0.691. The van der Waals surface area contributed by atoms with Gasteiger partial charge in [0.15, 0.2) is 11.5 Å². The molecular formula is C22H14Cl6O8. The Morgan fingerprint density at radius 3 is 1.19 bits per heavy atom. The van der Waals surface area contributed by atoms with Gasteiger partial charge in [0.25, 0.3) is 0 Å². The van der Waals surface area contributed by atoms with Crippen LogP contribution in [-0.2, 0) is 28.7 Å². The normalized spacial score (nSPS) is 10.7. The van der Waals surface area contributed by atoms with E-state index in [4.69, 9.17) is 88.6 Å². The molecule has 2 aromatic rings. The van der Waals surface area contributed by atoms with Crippen molar-refractivity contribution in [3.63, 3.8) is 0 Å². The Labute approximate surface area is 234 Å². The van der Waals surface area contributed by atoms with Crippen LogP contribution in [0.25, 0.3) is 0 Å². The Bertz CT molecular complexity index is 1060. The summed E-state index contributed by atoms with van der Waals surface area (Å²) >= 11 is 35.2. The monoisotopic (exact) mass is 616 g/mol. The molecule has 0 atom stereocenters. The van der Waals surface area contributed by atoms with Crippen molar-refractivity contribution in [3.05, 3.63) is 66.6 Å². The van der Waals surface area contributed by atoms with Crippen LogP contribution in [-0.4, -0.2) is 37.1 Å². The number of esters is 4. The van der Waals surface area contributed by atoms with Crippen LogP contribution in [0.15, 0.2) is 36.4 Å². The molecule has 0 unspecified atom stereocenters. The third kappa shape index (κ3) is 10.0. The molecule has 2 rings (SSSR count). The zero-order valence-corrected chi connectivity index (χ0v) is 22.4. The topological polar surface area (TPSA) is 105 Å². The number of carbonyl (C=O) groups excluding carboxylic acids is 4. The van der Waals surface area contributed by atoms with Crippen LogP contribution in [0, 0.1) is 0 Å². The molecule has 0 aliphatic carbocycles. The van der Waals surface area contributed by atoms with Crippen LogP contribution >= 0.6 is 69.6 Å². The molecule has 192 valence electrons. The van der Waals surface area contributed by atoms with Crippen LogP contribution in [0.1, 0.15) is 12.8 Å². The summed E-state index contributed by atoms with van der Waals surface area (Å²) in [5.41, 5.74) is 0. The average Bonchev–Trinajstić information content (AvgIpc) is 2.77. The Morgan fingerprint density at radius 2 is 0.889 bits per heavy atom. The first-order valence-corrected chi connectivity index (χ1v) is 11.9. The number of benzene rings is 2. The summed E-state index contributed by atoms with van der Waals surface area (Å²) in [6, 6.07) is 5.37. The van der Waals surface area contributed by atoms with E-state index < -0.39 is 23.9 Å². The maximum atomic E-state index is 11.9. The maximum Gasteiger partial charge on any atom is 0.331 e. The average molecular weight is 619 g/mol. The maximum absolute atomic E-state index is 11.9. The van der Waals surface area contributed by atoms with Crippen molar-refractivity contribution in [2.45, 2.75) is 12.8 Å². The second-order valence-corrected chi connectivity index (χ2v) is 9.02. The Hall–Kier alpha value is -2.20. The Kier molecular flexibility index (Phi) is 12.1. The van der Waals surface area contributed by atoms with Gasteiger partial charge < -0.3 is 18.9 Å². The zero-order valence-electron chi connectivity index (χ0n) is 17.8. The summed E-state index contributed by atoms with van der Waals surface area (Å²) in [7, 11) is 0. The van der Waals surface area contributed by atoms with E-state index in [2.05, 4.69) is 0 Å². The van der Waals surface area contributed by atoms with Gasteiger partial charge in [0.05, 0.1) is 32.9 Å². The third-order valence-corrected chi connectivity index (χ3v) is 5.37. The molecule has 0 bridgehead atoms. The number of ether oxygens (including phenoxy) is 4. The van der Waals surface area contributed by atoms with Gasteiger partial charge in [-0.05, 0) is 24.3 Å². The number of carbonyl (C=O) groups is 4.